The smallest absolute Gasteiger partial charge is 0.225 e. The van der Waals surface area contributed by atoms with Gasteiger partial charge < -0.3 is 9.80 Å². The molecule has 5 nitrogen and oxygen atoms in total. The van der Waals surface area contributed by atoms with E-state index in [1.807, 2.05) is 0 Å². The van der Waals surface area contributed by atoms with E-state index in [0.717, 1.165) is 36.6 Å². The van der Waals surface area contributed by atoms with E-state index in [1.165, 1.54) is 5.84 Å². The molecule has 0 spiro atoms. The summed E-state index contributed by atoms with van der Waals surface area (Å²) in [5, 5.41) is 0. The predicted molar refractivity (Wildman–Crippen MR) is 70.4 cm³/mol. The van der Waals surface area contributed by atoms with Crippen molar-refractivity contribution in [2.24, 2.45) is 10.9 Å². The highest BCUT2D eigenvalue weighted by molar-refractivity contribution is 9.10. The topological polar surface area (TPSA) is 44.6 Å². The van der Waals surface area contributed by atoms with Gasteiger partial charge >= 0.3 is 0 Å². The number of aromatic nitrogens is 2. The minimum Gasteiger partial charge on any atom is -0.361 e. The molecule has 0 bridgehead atoms. The third-order valence-electron chi connectivity index (χ3n) is 3.24. The second-order valence-corrected chi connectivity index (χ2v) is 5.38. The Labute approximate surface area is 109 Å². The number of amidine groups is 1. The third kappa shape index (κ3) is 2.01. The van der Waals surface area contributed by atoms with E-state index in [4.69, 9.17) is 0 Å². The Balaban J connectivity index is 1.63. The maximum atomic E-state index is 4.55. The van der Waals surface area contributed by atoms with Crippen molar-refractivity contribution in [1.29, 1.82) is 0 Å². The number of anilines is 1. The molecule has 90 valence electrons. The van der Waals surface area contributed by atoms with Crippen molar-refractivity contribution in [1.82, 2.24) is 14.9 Å². The molecule has 0 unspecified atom stereocenters. The van der Waals surface area contributed by atoms with Crippen LogP contribution >= 0.6 is 15.9 Å². The molecule has 0 aliphatic carbocycles. The molecule has 3 rings (SSSR count). The molecular weight excluding hydrogens is 282 g/mol. The molecule has 17 heavy (non-hydrogen) atoms. The minimum absolute atomic E-state index is 0.551. The monoisotopic (exact) mass is 295 g/mol. The zero-order chi connectivity index (χ0) is 11.8. The van der Waals surface area contributed by atoms with Crippen molar-refractivity contribution in [3.63, 3.8) is 0 Å². The summed E-state index contributed by atoms with van der Waals surface area (Å²) in [6.45, 7) is 3.95. The Bertz CT molecular complexity index is 438. The maximum Gasteiger partial charge on any atom is 0.225 e. The molecule has 6 heteroatoms. The molecule has 1 aromatic rings. The Kier molecular flexibility index (Phi) is 2.74. The lowest BCUT2D eigenvalue weighted by molar-refractivity contribution is 0.448. The van der Waals surface area contributed by atoms with Crippen molar-refractivity contribution >= 4 is 27.7 Å². The maximum absolute atomic E-state index is 4.55. The van der Waals surface area contributed by atoms with Crippen molar-refractivity contribution < 1.29 is 0 Å². The Morgan fingerprint density at radius 1 is 1.29 bits per heavy atom. The molecule has 1 aromatic heterocycles. The van der Waals surface area contributed by atoms with E-state index in [2.05, 4.69) is 47.7 Å². The lowest BCUT2D eigenvalue weighted by Gasteiger charge is -2.40. The molecule has 0 aromatic carbocycles. The zero-order valence-electron chi connectivity index (χ0n) is 9.67. The second kappa shape index (κ2) is 4.25. The van der Waals surface area contributed by atoms with E-state index in [0.29, 0.717) is 5.92 Å². The molecule has 0 saturated carbocycles. The first-order chi connectivity index (χ1) is 8.24. The van der Waals surface area contributed by atoms with Crippen LogP contribution in [0.1, 0.15) is 0 Å². The van der Waals surface area contributed by atoms with Gasteiger partial charge in [0.1, 0.15) is 5.84 Å². The van der Waals surface area contributed by atoms with Crippen LogP contribution in [0.2, 0.25) is 0 Å². The Morgan fingerprint density at radius 2 is 2.00 bits per heavy atom. The van der Waals surface area contributed by atoms with Gasteiger partial charge in [0, 0.05) is 39.1 Å². The summed E-state index contributed by atoms with van der Waals surface area (Å²) in [7, 11) is 2.12. The van der Waals surface area contributed by atoms with Crippen molar-refractivity contribution in [3.8, 4) is 0 Å². The molecule has 2 aliphatic heterocycles. The highest BCUT2D eigenvalue weighted by Gasteiger charge is 2.35. The van der Waals surface area contributed by atoms with Crippen molar-refractivity contribution in [3.05, 3.63) is 16.9 Å². The number of likely N-dealkylation sites (N-methyl/N-ethyl adjacent to an activating group) is 1. The number of halogens is 1. The van der Waals surface area contributed by atoms with Crippen molar-refractivity contribution in [2.75, 3.05) is 38.1 Å². The molecule has 3 heterocycles. The molecule has 2 aliphatic rings. The third-order valence-corrected chi connectivity index (χ3v) is 3.65. The van der Waals surface area contributed by atoms with E-state index < -0.39 is 0 Å². The van der Waals surface area contributed by atoms with E-state index in [1.54, 1.807) is 12.4 Å². The van der Waals surface area contributed by atoms with Crippen LogP contribution in [0.4, 0.5) is 5.95 Å². The van der Waals surface area contributed by atoms with E-state index >= 15 is 0 Å². The second-order valence-electron chi connectivity index (χ2n) is 4.46. The van der Waals surface area contributed by atoms with Gasteiger partial charge in [0.15, 0.2) is 0 Å². The van der Waals surface area contributed by atoms with Gasteiger partial charge in [-0.3, -0.25) is 4.99 Å². The fraction of sp³-hybridized carbons (Fsp3) is 0.545. The summed E-state index contributed by atoms with van der Waals surface area (Å²) in [5.74, 6) is 2.61. The Hall–Kier alpha value is -1.17. The number of hydrogen-bond donors (Lipinski definition) is 0. The number of hydrogen-bond acceptors (Lipinski definition) is 5. The average Bonchev–Trinajstić information content (AvgIpc) is 2.66. The van der Waals surface area contributed by atoms with Gasteiger partial charge in [0.25, 0.3) is 0 Å². The van der Waals surface area contributed by atoms with Crippen LogP contribution in [0.15, 0.2) is 21.9 Å². The highest BCUT2D eigenvalue weighted by Crippen LogP contribution is 2.24. The van der Waals surface area contributed by atoms with Crippen LogP contribution in [0, 0.1) is 5.92 Å². The summed E-state index contributed by atoms with van der Waals surface area (Å²) in [6, 6.07) is 0. The summed E-state index contributed by atoms with van der Waals surface area (Å²) in [6.07, 6.45) is 3.57. The van der Waals surface area contributed by atoms with Gasteiger partial charge in [0.05, 0.1) is 16.9 Å². The SMILES string of the molecule is CN1CCN=C1C1CN(c2ncc(Br)cn2)C1. The fourth-order valence-electron chi connectivity index (χ4n) is 2.26. The first kappa shape index (κ1) is 11.0. The van der Waals surface area contributed by atoms with E-state index in [9.17, 15) is 0 Å². The normalized spacial score (nSPS) is 20.5. The molecule has 0 amide bonds. The van der Waals surface area contributed by atoms with Crippen LogP contribution in [-0.4, -0.2) is 53.9 Å². The quantitative estimate of drug-likeness (QED) is 0.817. The number of nitrogens with zero attached hydrogens (tertiary/aromatic N) is 5. The van der Waals surface area contributed by atoms with Gasteiger partial charge in [-0.2, -0.15) is 0 Å². The van der Waals surface area contributed by atoms with Gasteiger partial charge in [-0.15, -0.1) is 0 Å². The number of rotatable bonds is 2. The molecule has 0 atom stereocenters. The van der Waals surface area contributed by atoms with E-state index in [-0.39, 0.29) is 0 Å². The summed E-state index contributed by atoms with van der Waals surface area (Å²) in [5.41, 5.74) is 0. The van der Waals surface area contributed by atoms with Crippen LogP contribution < -0.4 is 4.90 Å². The first-order valence-corrected chi connectivity index (χ1v) is 6.51. The largest absolute Gasteiger partial charge is 0.361 e. The first-order valence-electron chi connectivity index (χ1n) is 5.72. The van der Waals surface area contributed by atoms with Gasteiger partial charge in [-0.1, -0.05) is 0 Å². The van der Waals surface area contributed by atoms with Crippen molar-refractivity contribution in [2.45, 2.75) is 0 Å². The summed E-state index contributed by atoms with van der Waals surface area (Å²) >= 11 is 3.34. The van der Waals surface area contributed by atoms with Gasteiger partial charge in [-0.25, -0.2) is 9.97 Å². The fourth-order valence-corrected chi connectivity index (χ4v) is 2.47. The molecule has 1 fully saturated rings. The van der Waals surface area contributed by atoms with Crippen LogP contribution in [0.3, 0.4) is 0 Å². The minimum atomic E-state index is 0.551. The van der Waals surface area contributed by atoms with Gasteiger partial charge in [0.2, 0.25) is 5.95 Å². The lowest BCUT2D eigenvalue weighted by Crippen LogP contribution is -2.53. The molecule has 0 radical (unpaired) electrons. The summed E-state index contributed by atoms with van der Waals surface area (Å²) < 4.78 is 0.915. The molecular formula is C11H14BrN5. The zero-order valence-corrected chi connectivity index (χ0v) is 11.3. The van der Waals surface area contributed by atoms with Crippen LogP contribution in [0.5, 0.6) is 0 Å². The van der Waals surface area contributed by atoms with Crippen LogP contribution in [0.25, 0.3) is 0 Å². The molecule has 0 N–H and O–H groups in total. The predicted octanol–water partition coefficient (Wildman–Crippen LogP) is 1.02. The van der Waals surface area contributed by atoms with Crippen LogP contribution in [-0.2, 0) is 0 Å². The van der Waals surface area contributed by atoms with Gasteiger partial charge in [-0.05, 0) is 15.9 Å². The summed E-state index contributed by atoms with van der Waals surface area (Å²) in [4.78, 5) is 17.6. The lowest BCUT2D eigenvalue weighted by atomic mass is 9.99. The number of aliphatic imine (C=N–C) groups is 1. The average molecular weight is 296 g/mol. The Morgan fingerprint density at radius 3 is 2.59 bits per heavy atom. The molecule has 1 saturated heterocycles. The standard InChI is InChI=1S/C11H14BrN5/c1-16-3-2-13-10(16)8-6-17(7-8)11-14-4-9(12)5-15-11/h4-5,8H,2-3,6-7H2,1H3. The highest BCUT2D eigenvalue weighted by atomic mass is 79.9.